The van der Waals surface area contributed by atoms with Gasteiger partial charge in [0.25, 0.3) is 6.47 Å². The first-order valence-electron chi connectivity index (χ1n) is 9.48. The molecule has 0 saturated carbocycles. The van der Waals surface area contributed by atoms with Gasteiger partial charge in [-0.3, -0.25) is 14.6 Å². The van der Waals surface area contributed by atoms with Crippen molar-refractivity contribution >= 4 is 40.6 Å². The van der Waals surface area contributed by atoms with Gasteiger partial charge < -0.3 is 10.4 Å². The number of carbonyl (C=O) groups is 2. The highest BCUT2D eigenvalue weighted by molar-refractivity contribution is 8.13. The minimum absolute atomic E-state index is 0.0199. The predicted octanol–water partition coefficient (Wildman–Crippen LogP) is 5.07. The summed E-state index contributed by atoms with van der Waals surface area (Å²) in [7, 11) is 1.74. The summed E-state index contributed by atoms with van der Waals surface area (Å²) in [5, 5.41) is 12.6. The summed E-state index contributed by atoms with van der Waals surface area (Å²) >= 11 is 3.27. The standard InChI is InChI=1S/C19H32N2OS2.CH2O2/c1-5-6-7-9-15(2)16(3)11-13-24-19(20-4)21-18(22)14-17-10-8-12-23-17;2-1-3/h8,10,12,15-16H,5-7,9,11,13-14H2,1-4H3,(H,20,21,22);1H,(H,2,3). The quantitative estimate of drug-likeness (QED) is 0.242. The number of hydrogen-bond donors (Lipinski definition) is 2. The van der Waals surface area contributed by atoms with E-state index in [2.05, 4.69) is 31.1 Å². The van der Waals surface area contributed by atoms with E-state index >= 15 is 0 Å². The van der Waals surface area contributed by atoms with Gasteiger partial charge in [-0.05, 0) is 29.7 Å². The second-order valence-electron chi connectivity index (χ2n) is 6.53. The molecule has 1 amide bonds. The molecule has 1 rings (SSSR count). The lowest BCUT2D eigenvalue weighted by atomic mass is 9.89. The van der Waals surface area contributed by atoms with E-state index in [1.165, 1.54) is 25.7 Å². The monoisotopic (exact) mass is 414 g/mol. The number of carboxylic acid groups (broad SMARTS) is 1. The summed E-state index contributed by atoms with van der Waals surface area (Å²) in [5.41, 5.74) is 0. The molecule has 0 aliphatic heterocycles. The minimum atomic E-state index is -0.250. The van der Waals surface area contributed by atoms with Crippen molar-refractivity contribution in [1.29, 1.82) is 0 Å². The third-order valence-corrected chi connectivity index (χ3v) is 6.29. The van der Waals surface area contributed by atoms with Crippen molar-refractivity contribution in [1.82, 2.24) is 5.32 Å². The Morgan fingerprint density at radius 2 is 2.00 bits per heavy atom. The Bertz CT molecular complexity index is 533. The van der Waals surface area contributed by atoms with Crippen molar-refractivity contribution in [2.75, 3.05) is 12.8 Å². The van der Waals surface area contributed by atoms with Crippen LogP contribution in [0.5, 0.6) is 0 Å². The van der Waals surface area contributed by atoms with E-state index in [0.717, 1.165) is 28.1 Å². The predicted molar refractivity (Wildman–Crippen MR) is 118 cm³/mol. The van der Waals surface area contributed by atoms with E-state index in [1.807, 2.05) is 17.5 Å². The van der Waals surface area contributed by atoms with Gasteiger partial charge in [0.15, 0.2) is 5.17 Å². The summed E-state index contributed by atoms with van der Waals surface area (Å²) in [6.07, 6.45) is 6.90. The highest BCUT2D eigenvalue weighted by atomic mass is 32.2. The highest BCUT2D eigenvalue weighted by Crippen LogP contribution is 2.23. The Morgan fingerprint density at radius 3 is 2.56 bits per heavy atom. The zero-order chi connectivity index (χ0) is 20.5. The van der Waals surface area contributed by atoms with Crippen LogP contribution in [-0.4, -0.2) is 35.5 Å². The molecular formula is C20H34N2O3S2. The number of carbonyl (C=O) groups excluding carboxylic acids is 1. The van der Waals surface area contributed by atoms with E-state index in [0.29, 0.717) is 12.3 Å². The normalized spacial score (nSPS) is 13.3. The van der Waals surface area contributed by atoms with Crippen molar-refractivity contribution in [2.24, 2.45) is 16.8 Å². The third kappa shape index (κ3) is 13.5. The average molecular weight is 415 g/mol. The molecule has 2 atom stereocenters. The summed E-state index contributed by atoms with van der Waals surface area (Å²) < 4.78 is 0. The molecule has 0 saturated heterocycles. The summed E-state index contributed by atoms with van der Waals surface area (Å²) in [6.45, 7) is 6.71. The molecule has 0 fully saturated rings. The molecule has 0 radical (unpaired) electrons. The van der Waals surface area contributed by atoms with Crippen LogP contribution in [0.4, 0.5) is 0 Å². The van der Waals surface area contributed by atoms with Crippen molar-refractivity contribution in [3.8, 4) is 0 Å². The Kier molecular flexibility index (Phi) is 16.0. The minimum Gasteiger partial charge on any atom is -0.483 e. The number of hydrogen-bond acceptors (Lipinski definition) is 5. The summed E-state index contributed by atoms with van der Waals surface area (Å²) in [5.74, 6) is 2.51. The number of nitrogens with one attached hydrogen (secondary N) is 1. The Morgan fingerprint density at radius 1 is 1.33 bits per heavy atom. The van der Waals surface area contributed by atoms with Gasteiger partial charge in [-0.2, -0.15) is 0 Å². The second kappa shape index (κ2) is 16.8. The molecule has 2 unspecified atom stereocenters. The van der Waals surface area contributed by atoms with Crippen LogP contribution in [0.25, 0.3) is 0 Å². The molecule has 0 aromatic carbocycles. The lowest BCUT2D eigenvalue weighted by molar-refractivity contribution is -0.123. The van der Waals surface area contributed by atoms with Crippen LogP contribution in [0.1, 0.15) is 57.8 Å². The number of nitrogens with zero attached hydrogens (tertiary/aromatic N) is 1. The van der Waals surface area contributed by atoms with Gasteiger partial charge in [0.05, 0.1) is 6.42 Å². The molecule has 154 valence electrons. The Balaban J connectivity index is 0.00000210. The molecule has 27 heavy (non-hydrogen) atoms. The van der Waals surface area contributed by atoms with Gasteiger partial charge in [-0.15, -0.1) is 11.3 Å². The molecule has 7 heteroatoms. The first kappa shape index (κ1) is 25.7. The third-order valence-electron chi connectivity index (χ3n) is 4.41. The Hall–Kier alpha value is -1.34. The van der Waals surface area contributed by atoms with E-state index in [9.17, 15) is 4.79 Å². The molecule has 1 aromatic heterocycles. The fraction of sp³-hybridized carbons (Fsp3) is 0.650. The Labute approximate surface area is 172 Å². The van der Waals surface area contributed by atoms with Crippen molar-refractivity contribution < 1.29 is 14.7 Å². The number of unbranched alkanes of at least 4 members (excludes halogenated alkanes) is 2. The van der Waals surface area contributed by atoms with Gasteiger partial charge in [0.1, 0.15) is 0 Å². The molecule has 1 heterocycles. The van der Waals surface area contributed by atoms with Crippen LogP contribution in [0.3, 0.4) is 0 Å². The maximum absolute atomic E-state index is 12.0. The van der Waals surface area contributed by atoms with E-state index in [-0.39, 0.29) is 12.4 Å². The lowest BCUT2D eigenvalue weighted by Crippen LogP contribution is -2.30. The van der Waals surface area contributed by atoms with Gasteiger partial charge in [0.2, 0.25) is 5.91 Å². The molecule has 5 nitrogen and oxygen atoms in total. The van der Waals surface area contributed by atoms with Crippen LogP contribution in [0.2, 0.25) is 0 Å². The molecule has 0 aliphatic rings. The number of rotatable bonds is 10. The van der Waals surface area contributed by atoms with Crippen LogP contribution in [0.15, 0.2) is 22.5 Å². The zero-order valence-corrected chi connectivity index (χ0v) is 18.6. The van der Waals surface area contributed by atoms with Gasteiger partial charge >= 0.3 is 0 Å². The molecule has 0 aliphatic carbocycles. The number of thioether (sulfide) groups is 1. The van der Waals surface area contributed by atoms with Gasteiger partial charge in [0, 0.05) is 17.7 Å². The number of aliphatic imine (C=N–C) groups is 1. The van der Waals surface area contributed by atoms with Crippen LogP contribution < -0.4 is 5.32 Å². The number of amides is 1. The van der Waals surface area contributed by atoms with Crippen LogP contribution >= 0.6 is 23.1 Å². The first-order chi connectivity index (χ1) is 13.0. The summed E-state index contributed by atoms with van der Waals surface area (Å²) in [6, 6.07) is 3.96. The number of amidine groups is 1. The summed E-state index contributed by atoms with van der Waals surface area (Å²) in [4.78, 5) is 25.7. The van der Waals surface area contributed by atoms with E-state index in [4.69, 9.17) is 9.90 Å². The van der Waals surface area contributed by atoms with Crippen LogP contribution in [-0.2, 0) is 16.0 Å². The van der Waals surface area contributed by atoms with E-state index < -0.39 is 0 Å². The molecule has 2 N–H and O–H groups in total. The molecule has 0 spiro atoms. The molecular weight excluding hydrogens is 380 g/mol. The fourth-order valence-corrected chi connectivity index (χ4v) is 4.22. The van der Waals surface area contributed by atoms with Crippen LogP contribution in [0, 0.1) is 11.8 Å². The van der Waals surface area contributed by atoms with Crippen molar-refractivity contribution in [3.05, 3.63) is 22.4 Å². The topological polar surface area (TPSA) is 78.8 Å². The molecule has 0 bridgehead atoms. The average Bonchev–Trinajstić information content (AvgIpc) is 3.14. The van der Waals surface area contributed by atoms with Crippen molar-refractivity contribution in [3.63, 3.8) is 0 Å². The smallest absolute Gasteiger partial charge is 0.290 e. The SMILES string of the molecule is CCCCCC(C)C(C)CCSC(=NC)NC(=O)Cc1cccs1.O=CO. The number of thiophene rings is 1. The lowest BCUT2D eigenvalue weighted by Gasteiger charge is -2.19. The molecule has 1 aromatic rings. The van der Waals surface area contributed by atoms with Crippen molar-refractivity contribution in [2.45, 2.75) is 59.3 Å². The maximum atomic E-state index is 12.0. The second-order valence-corrected chi connectivity index (χ2v) is 8.64. The van der Waals surface area contributed by atoms with E-state index in [1.54, 1.807) is 30.1 Å². The largest absolute Gasteiger partial charge is 0.483 e. The highest BCUT2D eigenvalue weighted by Gasteiger charge is 2.13. The zero-order valence-electron chi connectivity index (χ0n) is 16.9. The maximum Gasteiger partial charge on any atom is 0.290 e. The first-order valence-corrected chi connectivity index (χ1v) is 11.3. The van der Waals surface area contributed by atoms with Gasteiger partial charge in [-0.1, -0.05) is 64.3 Å². The fourth-order valence-electron chi connectivity index (χ4n) is 2.52. The van der Waals surface area contributed by atoms with Gasteiger partial charge in [-0.25, -0.2) is 0 Å².